The molecule has 68 valence electrons. The standard InChI is InChI=1S/C7H6N2O4/c10-6(11)4-8-9-7(12)5-2-1-3-13-5/h1-4H,(H,9,12)(H,10,11)/p-1. The van der Waals surface area contributed by atoms with Crippen molar-refractivity contribution in [3.8, 4) is 0 Å². The van der Waals surface area contributed by atoms with Crippen molar-refractivity contribution in [3.63, 3.8) is 0 Å². The van der Waals surface area contributed by atoms with Gasteiger partial charge >= 0.3 is 5.91 Å². The molecule has 1 amide bonds. The van der Waals surface area contributed by atoms with E-state index >= 15 is 0 Å². The van der Waals surface area contributed by atoms with Crippen LogP contribution in [0.1, 0.15) is 10.6 Å². The summed E-state index contributed by atoms with van der Waals surface area (Å²) >= 11 is 0. The molecule has 0 aromatic carbocycles. The first kappa shape index (κ1) is 8.98. The topological polar surface area (TPSA) is 94.7 Å². The van der Waals surface area contributed by atoms with Gasteiger partial charge in [0.05, 0.1) is 18.4 Å². The summed E-state index contributed by atoms with van der Waals surface area (Å²) in [6.45, 7) is 0. The highest BCUT2D eigenvalue weighted by molar-refractivity contribution is 6.20. The lowest BCUT2D eigenvalue weighted by molar-refractivity contribution is -0.293. The van der Waals surface area contributed by atoms with Gasteiger partial charge in [-0.2, -0.15) is 5.10 Å². The van der Waals surface area contributed by atoms with Crippen molar-refractivity contribution in [3.05, 3.63) is 24.2 Å². The minimum absolute atomic E-state index is 0.0514. The summed E-state index contributed by atoms with van der Waals surface area (Å²) in [4.78, 5) is 20.8. The first-order valence-corrected chi connectivity index (χ1v) is 3.28. The molecule has 0 fully saturated rings. The van der Waals surface area contributed by atoms with Crippen molar-refractivity contribution in [2.24, 2.45) is 5.10 Å². The summed E-state index contributed by atoms with van der Waals surface area (Å²) in [6, 6.07) is 2.95. The Morgan fingerprint density at radius 3 is 2.92 bits per heavy atom. The van der Waals surface area contributed by atoms with Gasteiger partial charge in [0.15, 0.2) is 5.76 Å². The van der Waals surface area contributed by atoms with Crippen LogP contribution in [-0.4, -0.2) is 18.1 Å². The molecule has 0 bridgehead atoms. The van der Waals surface area contributed by atoms with Gasteiger partial charge in [-0.05, 0) is 12.1 Å². The largest absolute Gasteiger partial charge is 0.544 e. The van der Waals surface area contributed by atoms with Gasteiger partial charge in [0, 0.05) is 0 Å². The van der Waals surface area contributed by atoms with Gasteiger partial charge in [0.1, 0.15) is 0 Å². The van der Waals surface area contributed by atoms with Crippen molar-refractivity contribution in [1.82, 2.24) is 5.43 Å². The maximum Gasteiger partial charge on any atom is 0.307 e. The van der Waals surface area contributed by atoms with E-state index in [2.05, 4.69) is 5.10 Å². The molecule has 0 spiro atoms. The van der Waals surface area contributed by atoms with Crippen LogP contribution in [0.3, 0.4) is 0 Å². The van der Waals surface area contributed by atoms with E-state index < -0.39 is 11.9 Å². The molecule has 6 heteroatoms. The number of rotatable bonds is 3. The zero-order valence-electron chi connectivity index (χ0n) is 6.39. The average Bonchev–Trinajstić information content (AvgIpc) is 2.55. The third-order valence-corrected chi connectivity index (χ3v) is 1.08. The Bertz CT molecular complexity index is 328. The lowest BCUT2D eigenvalue weighted by atomic mass is 10.4. The fourth-order valence-electron chi connectivity index (χ4n) is 0.606. The molecular weight excluding hydrogens is 176 g/mol. The lowest BCUT2D eigenvalue weighted by Crippen LogP contribution is -2.26. The highest BCUT2D eigenvalue weighted by atomic mass is 16.4. The monoisotopic (exact) mass is 181 g/mol. The molecular formula is C7H5N2O4-. The number of hydrazone groups is 1. The fourth-order valence-corrected chi connectivity index (χ4v) is 0.606. The fraction of sp³-hybridized carbons (Fsp3) is 0. The second-order valence-electron chi connectivity index (χ2n) is 2.00. The number of carboxylic acid groups (broad SMARTS) is 1. The van der Waals surface area contributed by atoms with Gasteiger partial charge < -0.3 is 14.3 Å². The number of nitrogens with one attached hydrogen (secondary N) is 1. The van der Waals surface area contributed by atoms with E-state index in [-0.39, 0.29) is 5.76 Å². The Morgan fingerprint density at radius 1 is 1.62 bits per heavy atom. The number of carbonyl (C=O) groups excluding carboxylic acids is 2. The lowest BCUT2D eigenvalue weighted by Gasteiger charge is -1.94. The summed E-state index contributed by atoms with van der Waals surface area (Å²) in [5, 5.41) is 12.9. The van der Waals surface area contributed by atoms with Gasteiger partial charge in [0.25, 0.3) is 0 Å². The van der Waals surface area contributed by atoms with Crippen LogP contribution < -0.4 is 10.5 Å². The number of carboxylic acids is 1. The molecule has 1 aromatic heterocycles. The van der Waals surface area contributed by atoms with Gasteiger partial charge in [0.2, 0.25) is 0 Å². The first-order valence-electron chi connectivity index (χ1n) is 3.28. The van der Waals surface area contributed by atoms with E-state index in [1.807, 2.05) is 5.43 Å². The van der Waals surface area contributed by atoms with Crippen molar-refractivity contribution in [2.75, 3.05) is 0 Å². The number of amides is 1. The molecule has 0 atom stereocenters. The molecule has 0 radical (unpaired) electrons. The van der Waals surface area contributed by atoms with E-state index in [1.54, 1.807) is 0 Å². The Balaban J connectivity index is 2.48. The minimum atomic E-state index is -1.49. The van der Waals surface area contributed by atoms with Crippen LogP contribution in [0.2, 0.25) is 0 Å². The van der Waals surface area contributed by atoms with Crippen molar-refractivity contribution in [2.45, 2.75) is 0 Å². The summed E-state index contributed by atoms with van der Waals surface area (Å²) in [5.41, 5.74) is 1.93. The van der Waals surface area contributed by atoms with E-state index in [1.165, 1.54) is 18.4 Å². The molecule has 6 nitrogen and oxygen atoms in total. The SMILES string of the molecule is O=C([O-])C=NNC(=O)c1ccco1. The van der Waals surface area contributed by atoms with Gasteiger partial charge in [-0.3, -0.25) is 4.79 Å². The normalized spacial score (nSPS) is 10.2. The molecule has 1 aromatic rings. The second-order valence-corrected chi connectivity index (χ2v) is 2.00. The molecule has 0 saturated carbocycles. The van der Waals surface area contributed by atoms with Crippen LogP contribution in [0.5, 0.6) is 0 Å². The van der Waals surface area contributed by atoms with E-state index in [0.717, 1.165) is 0 Å². The van der Waals surface area contributed by atoms with Crippen molar-refractivity contribution < 1.29 is 19.1 Å². The zero-order valence-corrected chi connectivity index (χ0v) is 6.39. The Labute approximate surface area is 72.9 Å². The first-order chi connectivity index (χ1) is 6.20. The summed E-state index contributed by atoms with van der Waals surface area (Å²) < 4.78 is 4.70. The zero-order chi connectivity index (χ0) is 9.68. The molecule has 0 aliphatic carbocycles. The third kappa shape index (κ3) is 2.78. The van der Waals surface area contributed by atoms with Gasteiger partial charge in [-0.25, -0.2) is 5.43 Å². The Morgan fingerprint density at radius 2 is 2.38 bits per heavy atom. The van der Waals surface area contributed by atoms with Crippen LogP contribution in [0.4, 0.5) is 0 Å². The maximum absolute atomic E-state index is 11.0. The Kier molecular flexibility index (Phi) is 2.80. The van der Waals surface area contributed by atoms with Crippen LogP contribution in [0.15, 0.2) is 27.9 Å². The van der Waals surface area contributed by atoms with Crippen molar-refractivity contribution in [1.29, 1.82) is 0 Å². The molecule has 0 saturated heterocycles. The number of hydrogen-bond acceptors (Lipinski definition) is 5. The second kappa shape index (κ2) is 4.05. The van der Waals surface area contributed by atoms with Crippen LogP contribution in [-0.2, 0) is 4.79 Å². The predicted molar refractivity (Wildman–Crippen MR) is 39.7 cm³/mol. The molecule has 0 aliphatic rings. The van der Waals surface area contributed by atoms with Gasteiger partial charge in [-0.15, -0.1) is 0 Å². The molecule has 1 heterocycles. The third-order valence-electron chi connectivity index (χ3n) is 1.08. The quantitative estimate of drug-likeness (QED) is 0.465. The van der Waals surface area contributed by atoms with E-state index in [9.17, 15) is 14.7 Å². The van der Waals surface area contributed by atoms with Crippen LogP contribution in [0.25, 0.3) is 0 Å². The maximum atomic E-state index is 11.0. The summed E-state index contributed by atoms with van der Waals surface area (Å²) in [5.74, 6) is -2.06. The Hall–Kier alpha value is -2.11. The highest BCUT2D eigenvalue weighted by Gasteiger charge is 2.05. The number of hydrogen-bond donors (Lipinski definition) is 1. The van der Waals surface area contributed by atoms with E-state index in [0.29, 0.717) is 6.21 Å². The molecule has 0 unspecified atom stereocenters. The number of aliphatic carboxylic acids is 1. The molecule has 1 rings (SSSR count). The predicted octanol–water partition coefficient (Wildman–Crippen LogP) is -1.25. The summed E-state index contributed by atoms with van der Waals surface area (Å²) in [6.07, 6.45) is 1.78. The number of carbonyl (C=O) groups is 2. The van der Waals surface area contributed by atoms with Crippen molar-refractivity contribution >= 4 is 18.1 Å². The molecule has 0 aliphatic heterocycles. The molecule has 1 N–H and O–H groups in total. The number of nitrogens with zero attached hydrogens (tertiary/aromatic N) is 1. The number of furan rings is 1. The van der Waals surface area contributed by atoms with E-state index in [4.69, 9.17) is 4.42 Å². The van der Waals surface area contributed by atoms with Gasteiger partial charge in [-0.1, -0.05) is 0 Å². The molecule has 13 heavy (non-hydrogen) atoms. The highest BCUT2D eigenvalue weighted by Crippen LogP contribution is 1.98. The average molecular weight is 181 g/mol. The minimum Gasteiger partial charge on any atom is -0.544 e. The van der Waals surface area contributed by atoms with Crippen LogP contribution >= 0.6 is 0 Å². The summed E-state index contributed by atoms with van der Waals surface area (Å²) in [7, 11) is 0. The van der Waals surface area contributed by atoms with Crippen LogP contribution in [0, 0.1) is 0 Å². The smallest absolute Gasteiger partial charge is 0.307 e.